The smallest absolute Gasteiger partial charge is 0.187 e. The summed E-state index contributed by atoms with van der Waals surface area (Å²) in [4.78, 5) is 12.7. The summed E-state index contributed by atoms with van der Waals surface area (Å²) in [6, 6.07) is 11.3. The molecule has 2 aromatic carbocycles. The van der Waals surface area contributed by atoms with E-state index in [-0.39, 0.29) is 6.42 Å². The Bertz CT molecular complexity index is 1150. The molecule has 6 unspecified atom stereocenters. The maximum Gasteiger partial charge on any atom is 0.187 e. The number of aliphatic hydroxyl groups is 7. The first-order valence-electron chi connectivity index (χ1n) is 12.5. The van der Waals surface area contributed by atoms with Crippen LogP contribution in [0.2, 0.25) is 0 Å². The summed E-state index contributed by atoms with van der Waals surface area (Å²) < 4.78 is 21.7. The lowest BCUT2D eigenvalue weighted by molar-refractivity contribution is -0.341. The molecular formula is C27H34O12. The van der Waals surface area contributed by atoms with Gasteiger partial charge < -0.3 is 54.7 Å². The van der Waals surface area contributed by atoms with Crippen LogP contribution in [0.3, 0.4) is 0 Å². The van der Waals surface area contributed by atoms with Crippen LogP contribution in [0.25, 0.3) is 16.8 Å². The number of carbonyl (C=O) groups excluding carboxylic acids is 1. The molecule has 2 saturated heterocycles. The highest BCUT2D eigenvalue weighted by molar-refractivity contribution is 5.95. The van der Waals surface area contributed by atoms with Crippen molar-refractivity contribution >= 4 is 22.6 Å². The van der Waals surface area contributed by atoms with E-state index in [2.05, 4.69) is 0 Å². The molecule has 39 heavy (non-hydrogen) atoms. The first-order chi connectivity index (χ1) is 18.7. The molecule has 0 bridgehead atoms. The second-order valence-corrected chi connectivity index (χ2v) is 9.65. The fourth-order valence-corrected chi connectivity index (χ4v) is 4.76. The maximum atomic E-state index is 12.7. The first-order valence-corrected chi connectivity index (χ1v) is 12.5. The lowest BCUT2D eigenvalue weighted by Crippen LogP contribution is -2.64. The van der Waals surface area contributed by atoms with Gasteiger partial charge in [0.1, 0.15) is 54.6 Å². The minimum Gasteiger partial charge on any atom is -0.497 e. The molecular weight excluding hydrogens is 516 g/mol. The highest BCUT2D eigenvalue weighted by Crippen LogP contribution is 2.30. The zero-order valence-corrected chi connectivity index (χ0v) is 21.2. The van der Waals surface area contributed by atoms with E-state index in [0.717, 1.165) is 22.1 Å². The van der Waals surface area contributed by atoms with Crippen LogP contribution >= 0.6 is 0 Å². The molecule has 0 aromatic heterocycles. The highest BCUT2D eigenvalue weighted by atomic mass is 16.7. The van der Waals surface area contributed by atoms with E-state index in [4.69, 9.17) is 18.9 Å². The molecule has 214 valence electrons. The van der Waals surface area contributed by atoms with Gasteiger partial charge in [0, 0.05) is 6.42 Å². The summed E-state index contributed by atoms with van der Waals surface area (Å²) in [5.74, 6) is 0.335. The standard InChI is InChI=1S/C27H34O12/c1-36-17-7-5-14-8-13(2-4-15(14)9-17)3-6-16(30)10-18-21(31)24(34)26(20(12-29)37-18)39-27-25(35)23(33)22(32)19(11-28)38-27/h2-9,18-29,31-35H,10-12H2,1H3/b6-3+/t18-,19?,20?,21?,22+,23?,24?,25?,26+,27+/m0/s1. The third kappa shape index (κ3) is 6.47. The normalized spacial score (nSPS) is 35.4. The monoisotopic (exact) mass is 550 g/mol. The second kappa shape index (κ2) is 12.8. The van der Waals surface area contributed by atoms with Crippen molar-refractivity contribution in [2.24, 2.45) is 0 Å². The van der Waals surface area contributed by atoms with Gasteiger partial charge in [0.25, 0.3) is 0 Å². The quantitative estimate of drug-likeness (QED) is 0.179. The Balaban J connectivity index is 1.39. The number of benzene rings is 2. The summed E-state index contributed by atoms with van der Waals surface area (Å²) >= 11 is 0. The van der Waals surface area contributed by atoms with Gasteiger partial charge in [-0.2, -0.15) is 0 Å². The van der Waals surface area contributed by atoms with Crippen molar-refractivity contribution < 1.29 is 59.5 Å². The average molecular weight is 551 g/mol. The van der Waals surface area contributed by atoms with E-state index in [1.54, 1.807) is 13.2 Å². The van der Waals surface area contributed by atoms with Gasteiger partial charge in [-0.3, -0.25) is 4.79 Å². The van der Waals surface area contributed by atoms with Crippen LogP contribution in [-0.4, -0.2) is 123 Å². The van der Waals surface area contributed by atoms with Gasteiger partial charge in [-0.1, -0.05) is 24.3 Å². The Morgan fingerprint density at radius 1 is 0.821 bits per heavy atom. The summed E-state index contributed by atoms with van der Waals surface area (Å²) in [6.45, 7) is -1.36. The number of ether oxygens (including phenoxy) is 4. The van der Waals surface area contributed by atoms with Gasteiger partial charge in [0.2, 0.25) is 0 Å². The van der Waals surface area contributed by atoms with Crippen LogP contribution in [0, 0.1) is 0 Å². The van der Waals surface area contributed by atoms with Crippen LogP contribution in [0.1, 0.15) is 12.0 Å². The van der Waals surface area contributed by atoms with Gasteiger partial charge >= 0.3 is 0 Å². The van der Waals surface area contributed by atoms with Crippen molar-refractivity contribution in [1.29, 1.82) is 0 Å². The topological polar surface area (TPSA) is 196 Å². The fraction of sp³-hybridized carbons (Fsp3) is 0.519. The highest BCUT2D eigenvalue weighted by Gasteiger charge is 2.50. The lowest BCUT2D eigenvalue weighted by Gasteiger charge is -2.46. The Hall–Kier alpha value is -2.49. The number of hydrogen-bond donors (Lipinski definition) is 7. The van der Waals surface area contributed by atoms with Crippen molar-refractivity contribution in [3.63, 3.8) is 0 Å². The summed E-state index contributed by atoms with van der Waals surface area (Å²) in [6.07, 6.45) is -12.4. The first kappa shape index (κ1) is 29.5. The zero-order chi connectivity index (χ0) is 28.3. The largest absolute Gasteiger partial charge is 0.497 e. The van der Waals surface area contributed by atoms with Crippen LogP contribution in [0.4, 0.5) is 0 Å². The van der Waals surface area contributed by atoms with E-state index in [1.165, 1.54) is 6.08 Å². The van der Waals surface area contributed by atoms with Crippen molar-refractivity contribution in [1.82, 2.24) is 0 Å². The Labute approximate surface area is 224 Å². The SMILES string of the molecule is COc1ccc2cc(/C=C/C(=O)C[C@@H]3OC(CO)[C@@H](O[C@H]4OC(CO)[C@@H](O)C(O)C4O)C(O)C3O)ccc2c1. The van der Waals surface area contributed by atoms with Crippen molar-refractivity contribution in [3.05, 3.63) is 48.0 Å². The van der Waals surface area contributed by atoms with E-state index < -0.39 is 80.2 Å². The lowest BCUT2D eigenvalue weighted by atomic mass is 9.92. The molecule has 12 heteroatoms. The number of rotatable bonds is 9. The van der Waals surface area contributed by atoms with Gasteiger partial charge in [-0.25, -0.2) is 0 Å². The van der Waals surface area contributed by atoms with Crippen LogP contribution < -0.4 is 4.74 Å². The van der Waals surface area contributed by atoms with Crippen molar-refractivity contribution in [3.8, 4) is 5.75 Å². The third-order valence-corrected chi connectivity index (χ3v) is 7.04. The molecule has 2 aromatic rings. The Morgan fingerprint density at radius 3 is 2.18 bits per heavy atom. The fourth-order valence-electron chi connectivity index (χ4n) is 4.76. The average Bonchev–Trinajstić information content (AvgIpc) is 2.95. The van der Waals surface area contributed by atoms with Crippen LogP contribution in [-0.2, 0) is 19.0 Å². The summed E-state index contributed by atoms with van der Waals surface area (Å²) in [5, 5.41) is 72.6. The molecule has 12 nitrogen and oxygen atoms in total. The van der Waals surface area contributed by atoms with Gasteiger partial charge in [-0.05, 0) is 40.6 Å². The minimum atomic E-state index is -1.76. The second-order valence-electron chi connectivity index (χ2n) is 9.65. The maximum absolute atomic E-state index is 12.7. The van der Waals surface area contributed by atoms with E-state index in [1.807, 2.05) is 36.4 Å². The molecule has 2 fully saturated rings. The molecule has 4 rings (SSSR count). The molecule has 0 aliphatic carbocycles. The van der Waals surface area contributed by atoms with Crippen LogP contribution in [0.5, 0.6) is 5.75 Å². The molecule has 10 atom stereocenters. The van der Waals surface area contributed by atoms with Gasteiger partial charge in [0.05, 0.1) is 26.4 Å². The predicted octanol–water partition coefficient (Wildman–Crippen LogP) is -1.51. The molecule has 0 radical (unpaired) electrons. The van der Waals surface area contributed by atoms with Gasteiger partial charge in [-0.15, -0.1) is 0 Å². The zero-order valence-electron chi connectivity index (χ0n) is 21.2. The number of carbonyl (C=O) groups is 1. The van der Waals surface area contributed by atoms with E-state index in [9.17, 15) is 40.5 Å². The number of methoxy groups -OCH3 is 1. The van der Waals surface area contributed by atoms with E-state index >= 15 is 0 Å². The third-order valence-electron chi connectivity index (χ3n) is 7.04. The summed E-state index contributed by atoms with van der Waals surface area (Å²) in [7, 11) is 1.59. The molecule has 0 spiro atoms. The number of ketones is 1. The minimum absolute atomic E-state index is 0.303. The molecule has 7 N–H and O–H groups in total. The number of fused-ring (bicyclic) bond motifs is 1. The molecule has 0 saturated carbocycles. The van der Waals surface area contributed by atoms with Crippen molar-refractivity contribution in [2.75, 3.05) is 20.3 Å². The van der Waals surface area contributed by atoms with Crippen LogP contribution in [0.15, 0.2) is 42.5 Å². The number of hydrogen-bond acceptors (Lipinski definition) is 12. The molecule has 0 amide bonds. The number of allylic oxidation sites excluding steroid dienone is 1. The summed E-state index contributed by atoms with van der Waals surface area (Å²) in [5.41, 5.74) is 0.771. The predicted molar refractivity (Wildman–Crippen MR) is 136 cm³/mol. The Morgan fingerprint density at radius 2 is 1.49 bits per heavy atom. The molecule has 2 heterocycles. The molecule has 2 aliphatic heterocycles. The van der Waals surface area contributed by atoms with Gasteiger partial charge in [0.15, 0.2) is 12.1 Å². The van der Waals surface area contributed by atoms with Crippen molar-refractivity contribution in [2.45, 2.75) is 67.6 Å². The Kier molecular flexibility index (Phi) is 9.67. The van der Waals surface area contributed by atoms with E-state index in [0.29, 0.717) is 0 Å². The number of aliphatic hydroxyl groups excluding tert-OH is 7. The molecule has 2 aliphatic rings.